The van der Waals surface area contributed by atoms with Crippen LogP contribution in [0.15, 0.2) is 29.1 Å². The molecule has 0 unspecified atom stereocenters. The third-order valence-electron chi connectivity index (χ3n) is 1.78. The number of benzene rings is 1. The molecule has 1 aromatic heterocycles. The van der Waals surface area contributed by atoms with Crippen molar-refractivity contribution < 1.29 is 4.74 Å². The van der Waals surface area contributed by atoms with Gasteiger partial charge in [0.25, 0.3) is 10.8 Å². The van der Waals surface area contributed by atoms with Crippen molar-refractivity contribution in [3.05, 3.63) is 34.6 Å². The summed E-state index contributed by atoms with van der Waals surface area (Å²) < 4.78 is 6.12. The van der Waals surface area contributed by atoms with Crippen LogP contribution in [0.5, 0.6) is 5.19 Å². The normalized spacial score (nSPS) is 10.4. The highest BCUT2D eigenvalue weighted by molar-refractivity contribution is 7.19. The molecule has 0 aliphatic rings. The summed E-state index contributed by atoms with van der Waals surface area (Å²) in [7, 11) is 0. The van der Waals surface area contributed by atoms with Gasteiger partial charge in [0.1, 0.15) is 0 Å². The van der Waals surface area contributed by atoms with Crippen molar-refractivity contribution in [3.8, 4) is 5.19 Å². The predicted octanol–water partition coefficient (Wildman–Crippen LogP) is 2.06. The van der Waals surface area contributed by atoms with Gasteiger partial charge in [-0.25, -0.2) is 0 Å². The van der Waals surface area contributed by atoms with Crippen molar-refractivity contribution in [2.75, 3.05) is 6.61 Å². The van der Waals surface area contributed by atoms with Crippen LogP contribution < -0.4 is 10.3 Å². The molecule has 0 radical (unpaired) electrons. The predicted molar refractivity (Wildman–Crippen MR) is 57.1 cm³/mol. The molecule has 2 aromatic rings. The molecule has 2 rings (SSSR count). The number of hydrogen-bond donors (Lipinski definition) is 0. The Balaban J connectivity index is 2.66. The van der Waals surface area contributed by atoms with Gasteiger partial charge in [0.05, 0.1) is 12.0 Å². The molecule has 0 aliphatic heterocycles. The molecule has 0 spiro atoms. The molecule has 0 N–H and O–H groups in total. The Kier molecular flexibility index (Phi) is 2.45. The third kappa shape index (κ3) is 1.61. The fourth-order valence-electron chi connectivity index (χ4n) is 1.18. The van der Waals surface area contributed by atoms with Gasteiger partial charge in [-0.15, -0.1) is 0 Å². The molecule has 0 amide bonds. The topological polar surface area (TPSA) is 39.2 Å². The third-order valence-corrected chi connectivity index (χ3v) is 2.74. The standard InChI is InChI=1S/C10H9NO2S/c1-2-13-10-11-9(12)7-5-3-4-6-8(7)14-10/h3-6H,2H2,1H3. The van der Waals surface area contributed by atoms with E-state index in [1.165, 1.54) is 11.3 Å². The maximum atomic E-state index is 11.5. The maximum Gasteiger partial charge on any atom is 0.282 e. The molecule has 1 heterocycles. The van der Waals surface area contributed by atoms with Gasteiger partial charge in [0.2, 0.25) is 0 Å². The number of nitrogens with zero attached hydrogens (tertiary/aromatic N) is 1. The minimum absolute atomic E-state index is 0.220. The molecule has 0 saturated heterocycles. The number of aromatic nitrogens is 1. The molecule has 4 heteroatoms. The van der Waals surface area contributed by atoms with E-state index in [9.17, 15) is 4.79 Å². The Bertz CT molecular complexity index is 507. The van der Waals surface area contributed by atoms with Gasteiger partial charge >= 0.3 is 0 Å². The van der Waals surface area contributed by atoms with Crippen LogP contribution in [0.4, 0.5) is 0 Å². The molecule has 1 aromatic carbocycles. The second-order valence-electron chi connectivity index (χ2n) is 2.71. The Morgan fingerprint density at radius 2 is 2.21 bits per heavy atom. The first-order valence-electron chi connectivity index (χ1n) is 4.34. The van der Waals surface area contributed by atoms with Crippen LogP contribution in [0.1, 0.15) is 6.92 Å². The molecule has 3 nitrogen and oxygen atoms in total. The summed E-state index contributed by atoms with van der Waals surface area (Å²) in [5.41, 5.74) is -0.220. The van der Waals surface area contributed by atoms with Crippen LogP contribution in [-0.4, -0.2) is 11.6 Å². The van der Waals surface area contributed by atoms with Gasteiger partial charge in [0, 0.05) is 4.70 Å². The highest BCUT2D eigenvalue weighted by Gasteiger charge is 2.03. The molecule has 14 heavy (non-hydrogen) atoms. The van der Waals surface area contributed by atoms with Crippen LogP contribution in [-0.2, 0) is 0 Å². The van der Waals surface area contributed by atoms with E-state index >= 15 is 0 Å². The van der Waals surface area contributed by atoms with E-state index < -0.39 is 0 Å². The van der Waals surface area contributed by atoms with Gasteiger partial charge in [-0.1, -0.05) is 23.5 Å². The van der Waals surface area contributed by atoms with E-state index in [0.29, 0.717) is 17.2 Å². The lowest BCUT2D eigenvalue weighted by molar-refractivity contribution is 0.337. The molecular formula is C10H9NO2S. The van der Waals surface area contributed by atoms with E-state index in [1.54, 1.807) is 6.07 Å². The van der Waals surface area contributed by atoms with Crippen LogP contribution in [0.3, 0.4) is 0 Å². The van der Waals surface area contributed by atoms with Gasteiger partial charge in [-0.3, -0.25) is 4.79 Å². The average Bonchev–Trinajstić information content (AvgIpc) is 2.18. The zero-order valence-corrected chi connectivity index (χ0v) is 8.50. The van der Waals surface area contributed by atoms with Crippen molar-refractivity contribution in [1.82, 2.24) is 4.98 Å². The summed E-state index contributed by atoms with van der Waals surface area (Å²) in [4.78, 5) is 15.3. The van der Waals surface area contributed by atoms with Gasteiger partial charge in [0.15, 0.2) is 0 Å². The van der Waals surface area contributed by atoms with Crippen molar-refractivity contribution in [3.63, 3.8) is 0 Å². The largest absolute Gasteiger partial charge is 0.470 e. The van der Waals surface area contributed by atoms with Gasteiger partial charge < -0.3 is 4.74 Å². The summed E-state index contributed by atoms with van der Waals surface area (Å²) in [6, 6.07) is 7.40. The molecule has 0 aliphatic carbocycles. The van der Waals surface area contributed by atoms with E-state index in [4.69, 9.17) is 4.74 Å². The Labute approximate surface area is 85.0 Å². The number of ether oxygens (including phenoxy) is 1. The van der Waals surface area contributed by atoms with E-state index in [1.807, 2.05) is 25.1 Å². The van der Waals surface area contributed by atoms with Crippen LogP contribution in [0, 0.1) is 0 Å². The average molecular weight is 207 g/mol. The van der Waals surface area contributed by atoms with Crippen molar-refractivity contribution in [1.29, 1.82) is 0 Å². The van der Waals surface area contributed by atoms with Crippen LogP contribution in [0.25, 0.3) is 10.1 Å². The smallest absolute Gasteiger partial charge is 0.282 e. The zero-order chi connectivity index (χ0) is 9.97. The highest BCUT2D eigenvalue weighted by Crippen LogP contribution is 2.21. The van der Waals surface area contributed by atoms with Crippen molar-refractivity contribution >= 4 is 21.4 Å². The first-order valence-corrected chi connectivity index (χ1v) is 5.15. The molecule has 0 atom stereocenters. The molecule has 72 valence electrons. The van der Waals surface area contributed by atoms with Crippen molar-refractivity contribution in [2.45, 2.75) is 6.92 Å². The lowest BCUT2D eigenvalue weighted by Gasteiger charge is -2.00. The Morgan fingerprint density at radius 1 is 1.43 bits per heavy atom. The molecule has 0 fully saturated rings. The van der Waals surface area contributed by atoms with Crippen molar-refractivity contribution in [2.24, 2.45) is 0 Å². The lowest BCUT2D eigenvalue weighted by Crippen LogP contribution is -2.06. The second kappa shape index (κ2) is 3.75. The molecule has 0 saturated carbocycles. The summed E-state index contributed by atoms with van der Waals surface area (Å²) in [5.74, 6) is 0. The first kappa shape index (κ1) is 9.15. The summed E-state index contributed by atoms with van der Waals surface area (Å²) in [6.07, 6.45) is 0. The van der Waals surface area contributed by atoms with E-state index in [-0.39, 0.29) is 5.56 Å². The highest BCUT2D eigenvalue weighted by atomic mass is 32.1. The van der Waals surface area contributed by atoms with Crippen LogP contribution in [0.2, 0.25) is 0 Å². The fourth-order valence-corrected chi connectivity index (χ4v) is 2.08. The SMILES string of the molecule is CCOc1nc(=O)c2ccccc2s1. The fraction of sp³-hybridized carbons (Fsp3) is 0.200. The first-order chi connectivity index (χ1) is 6.81. The minimum atomic E-state index is -0.220. The lowest BCUT2D eigenvalue weighted by atomic mass is 10.3. The number of rotatable bonds is 2. The number of fused-ring (bicyclic) bond motifs is 1. The molecule has 0 bridgehead atoms. The summed E-state index contributed by atoms with van der Waals surface area (Å²) >= 11 is 1.39. The quantitative estimate of drug-likeness (QED) is 0.756. The Hall–Kier alpha value is -1.42. The molecular weight excluding hydrogens is 198 g/mol. The monoisotopic (exact) mass is 207 g/mol. The van der Waals surface area contributed by atoms with E-state index in [2.05, 4.69) is 4.98 Å². The second-order valence-corrected chi connectivity index (χ2v) is 3.71. The van der Waals surface area contributed by atoms with Crippen LogP contribution >= 0.6 is 11.3 Å². The Morgan fingerprint density at radius 3 is 3.00 bits per heavy atom. The van der Waals surface area contributed by atoms with E-state index in [0.717, 1.165) is 4.70 Å². The maximum absolute atomic E-state index is 11.5. The van der Waals surface area contributed by atoms with Gasteiger partial charge in [-0.2, -0.15) is 4.98 Å². The zero-order valence-electron chi connectivity index (χ0n) is 7.69. The van der Waals surface area contributed by atoms with Gasteiger partial charge in [-0.05, 0) is 19.1 Å². The summed E-state index contributed by atoms with van der Waals surface area (Å²) in [5, 5.41) is 1.09. The minimum Gasteiger partial charge on any atom is -0.470 e. The summed E-state index contributed by atoms with van der Waals surface area (Å²) in [6.45, 7) is 2.40. The number of hydrogen-bond acceptors (Lipinski definition) is 4.